The summed E-state index contributed by atoms with van der Waals surface area (Å²) in [6.07, 6.45) is 8.76. The van der Waals surface area contributed by atoms with Crippen molar-refractivity contribution in [3.05, 3.63) is 93.9 Å². The summed E-state index contributed by atoms with van der Waals surface area (Å²) in [4.78, 5) is 27.7. The number of primary amides is 1. The number of pyridine rings is 1. The number of likely N-dealkylation sites (tertiary alicyclic amines) is 1. The van der Waals surface area contributed by atoms with Gasteiger partial charge in [0.15, 0.2) is 11.4 Å². The number of nitrogens with two attached hydrogens (primary N) is 1. The van der Waals surface area contributed by atoms with Gasteiger partial charge in [-0.15, -0.1) is 0 Å². The largest absolute Gasteiger partial charge is 0.478 e. The molecule has 6 heterocycles. The van der Waals surface area contributed by atoms with Crippen LogP contribution in [-0.4, -0.2) is 66.3 Å². The van der Waals surface area contributed by atoms with Crippen LogP contribution in [0.4, 0.5) is 4.39 Å². The molecule has 1 amide bonds. The number of hydrogen-bond donors (Lipinski definition) is 2. The van der Waals surface area contributed by atoms with E-state index in [0.29, 0.717) is 35.3 Å². The lowest BCUT2D eigenvalue weighted by atomic mass is 9.85. The van der Waals surface area contributed by atoms with E-state index < -0.39 is 11.5 Å². The van der Waals surface area contributed by atoms with Crippen molar-refractivity contribution >= 4 is 34.6 Å². The topological polar surface area (TPSA) is 137 Å². The maximum atomic E-state index is 15.0. The Hall–Kier alpha value is -4.65. The molecule has 0 radical (unpaired) electrons. The minimum absolute atomic E-state index is 0.0211. The summed E-state index contributed by atoms with van der Waals surface area (Å²) >= 11 is 6.04. The molecule has 8 rings (SSSR count). The van der Waals surface area contributed by atoms with Crippen LogP contribution >= 0.6 is 11.6 Å². The van der Waals surface area contributed by atoms with Gasteiger partial charge in [-0.2, -0.15) is 5.10 Å². The van der Waals surface area contributed by atoms with Crippen molar-refractivity contribution in [3.63, 3.8) is 0 Å². The molecule has 0 bridgehead atoms. The van der Waals surface area contributed by atoms with Gasteiger partial charge in [0.2, 0.25) is 5.82 Å². The molecule has 0 spiro atoms. The first kappa shape index (κ1) is 30.7. The predicted octanol–water partition coefficient (Wildman–Crippen LogP) is 5.60. The highest BCUT2D eigenvalue weighted by Gasteiger charge is 2.35. The number of piperidine rings is 1. The molecule has 13 heteroatoms. The van der Waals surface area contributed by atoms with Gasteiger partial charge >= 0.3 is 0 Å². The van der Waals surface area contributed by atoms with Gasteiger partial charge in [-0.25, -0.2) is 14.4 Å². The number of imidazole rings is 1. The average molecular weight is 669 g/mol. The number of carbonyl (C=O) groups is 1. The monoisotopic (exact) mass is 668 g/mol. The lowest BCUT2D eigenvalue weighted by molar-refractivity contribution is -0.0592. The van der Waals surface area contributed by atoms with E-state index in [2.05, 4.69) is 41.8 Å². The molecule has 0 saturated carbocycles. The molecule has 3 aromatic heterocycles. The van der Waals surface area contributed by atoms with Crippen LogP contribution < -0.4 is 10.5 Å². The fourth-order valence-electron chi connectivity index (χ4n) is 6.92. The Morgan fingerprint density at radius 1 is 1.17 bits per heavy atom. The van der Waals surface area contributed by atoms with E-state index in [4.69, 9.17) is 31.8 Å². The number of fused-ring (bicyclic) bond motifs is 2. The van der Waals surface area contributed by atoms with Crippen LogP contribution in [0.2, 0.25) is 5.02 Å². The van der Waals surface area contributed by atoms with Crippen molar-refractivity contribution in [1.82, 2.24) is 34.6 Å². The number of nitrogens with one attached hydrogen (secondary N) is 1. The molecule has 3 aliphatic heterocycles. The zero-order chi connectivity index (χ0) is 33.0. The number of para-hydroxylation sites is 1. The van der Waals surface area contributed by atoms with E-state index in [1.165, 1.54) is 6.07 Å². The molecule has 2 fully saturated rings. The van der Waals surface area contributed by atoms with Crippen molar-refractivity contribution in [2.45, 2.75) is 56.9 Å². The number of aromatic amines is 1. The molecular weight excluding hydrogens is 635 g/mol. The molecule has 0 unspecified atom stereocenters. The smallest absolute Gasteiger partial charge is 0.286 e. The zero-order valence-electron chi connectivity index (χ0n) is 26.3. The average Bonchev–Trinajstić information content (AvgIpc) is 3.68. The van der Waals surface area contributed by atoms with E-state index >= 15 is 4.39 Å². The standard InChI is InChI=1S/C35H34ClFN8O3/c1-35(25-6-5-22(36)15-26(25)37)11-7-21-3-2-4-24(31(21)48-35)20-8-12-44(13-9-20)19-30-40-27-16-28(33-41-34(32(38)46)43-42-33)39-17-29(27)45(30)18-23-10-14-47-23/h2-7,11,15-17,20,23H,8-10,12-14,18-19H2,1H3,(H2,38,46)(H,41,42,43)/t23-,35+/m0/s1. The van der Waals surface area contributed by atoms with Crippen LogP contribution in [0.5, 0.6) is 5.75 Å². The van der Waals surface area contributed by atoms with Gasteiger partial charge < -0.3 is 19.8 Å². The molecule has 48 heavy (non-hydrogen) atoms. The van der Waals surface area contributed by atoms with Crippen LogP contribution in [-0.2, 0) is 23.4 Å². The Labute approximate surface area is 280 Å². The number of H-pyrrole nitrogens is 1. The highest BCUT2D eigenvalue weighted by atomic mass is 35.5. The Morgan fingerprint density at radius 2 is 2.00 bits per heavy atom. The summed E-state index contributed by atoms with van der Waals surface area (Å²) in [6.45, 7) is 5.80. The number of hydrogen-bond acceptors (Lipinski definition) is 8. The number of amides is 1. The number of aromatic nitrogens is 6. The first-order chi connectivity index (χ1) is 23.2. The molecule has 3 aliphatic rings. The Bertz CT molecular complexity index is 2070. The third-order valence-electron chi connectivity index (χ3n) is 9.67. The van der Waals surface area contributed by atoms with Crippen molar-refractivity contribution in [1.29, 1.82) is 0 Å². The van der Waals surface area contributed by atoms with E-state index in [1.54, 1.807) is 18.3 Å². The van der Waals surface area contributed by atoms with Gasteiger partial charge in [-0.05, 0) is 75.0 Å². The third kappa shape index (κ3) is 5.63. The van der Waals surface area contributed by atoms with Crippen molar-refractivity contribution in [3.8, 4) is 17.3 Å². The maximum absolute atomic E-state index is 15.0. The maximum Gasteiger partial charge on any atom is 0.286 e. The van der Waals surface area contributed by atoms with Crippen LogP contribution in [0, 0.1) is 5.82 Å². The fraction of sp³-hybridized carbons (Fsp3) is 0.343. The Morgan fingerprint density at radius 3 is 2.73 bits per heavy atom. The molecule has 246 valence electrons. The lowest BCUT2D eigenvalue weighted by Gasteiger charge is -2.37. The number of carbonyl (C=O) groups excluding carboxylic acids is 1. The van der Waals surface area contributed by atoms with Crippen LogP contribution in [0.25, 0.3) is 28.6 Å². The molecule has 5 aromatic rings. The van der Waals surface area contributed by atoms with Crippen LogP contribution in [0.1, 0.15) is 65.2 Å². The molecule has 2 aromatic carbocycles. The van der Waals surface area contributed by atoms with E-state index in [0.717, 1.165) is 72.7 Å². The molecule has 2 atom stereocenters. The van der Waals surface area contributed by atoms with Gasteiger partial charge in [0.05, 0.1) is 36.4 Å². The summed E-state index contributed by atoms with van der Waals surface area (Å²) in [5.41, 5.74) is 9.17. The molecule has 0 aliphatic carbocycles. The van der Waals surface area contributed by atoms with E-state index in [1.807, 2.05) is 31.2 Å². The second kappa shape index (κ2) is 12.1. The van der Waals surface area contributed by atoms with Crippen molar-refractivity contribution in [2.24, 2.45) is 5.73 Å². The molecule has 3 N–H and O–H groups in total. The predicted molar refractivity (Wildman–Crippen MR) is 178 cm³/mol. The first-order valence-corrected chi connectivity index (χ1v) is 16.5. The van der Waals surface area contributed by atoms with E-state index in [9.17, 15) is 4.79 Å². The third-order valence-corrected chi connectivity index (χ3v) is 9.91. The molecule has 2 saturated heterocycles. The summed E-state index contributed by atoms with van der Waals surface area (Å²) in [6, 6.07) is 12.8. The Kier molecular flexibility index (Phi) is 7.73. The second-order valence-electron chi connectivity index (χ2n) is 12.8. The van der Waals surface area contributed by atoms with Gasteiger partial charge in [0, 0.05) is 22.8 Å². The van der Waals surface area contributed by atoms with Gasteiger partial charge in [0.1, 0.15) is 23.1 Å². The second-order valence-corrected chi connectivity index (χ2v) is 13.3. The molecule has 11 nitrogen and oxygen atoms in total. The van der Waals surface area contributed by atoms with Crippen LogP contribution in [0.15, 0.2) is 54.7 Å². The zero-order valence-corrected chi connectivity index (χ0v) is 27.1. The van der Waals surface area contributed by atoms with Gasteiger partial charge in [0.25, 0.3) is 5.91 Å². The summed E-state index contributed by atoms with van der Waals surface area (Å²) in [5, 5.41) is 7.01. The normalized spacial score (nSPS) is 21.2. The summed E-state index contributed by atoms with van der Waals surface area (Å²) < 4.78 is 29.6. The first-order valence-electron chi connectivity index (χ1n) is 16.1. The number of rotatable bonds is 8. The SMILES string of the molecule is C[C@]1(c2ccc(Cl)cc2F)C=Cc2cccc(C3CCN(Cc4nc5cc(-c6n[nH]c(C(N)=O)n6)ncc5n4C[C@@H]4CCO4)CC3)c2O1. The number of nitrogens with zero attached hydrogens (tertiary/aromatic N) is 6. The van der Waals surface area contributed by atoms with Crippen molar-refractivity contribution in [2.75, 3.05) is 19.7 Å². The highest BCUT2D eigenvalue weighted by Crippen LogP contribution is 2.44. The lowest BCUT2D eigenvalue weighted by Crippen LogP contribution is -2.36. The number of halogens is 2. The quantitative estimate of drug-likeness (QED) is 0.218. The number of benzene rings is 2. The number of ether oxygens (including phenoxy) is 2. The van der Waals surface area contributed by atoms with E-state index in [-0.39, 0.29) is 23.6 Å². The summed E-state index contributed by atoms with van der Waals surface area (Å²) in [7, 11) is 0. The minimum Gasteiger partial charge on any atom is -0.478 e. The van der Waals surface area contributed by atoms with Crippen LogP contribution in [0.3, 0.4) is 0 Å². The van der Waals surface area contributed by atoms with Gasteiger partial charge in [-0.3, -0.25) is 19.8 Å². The summed E-state index contributed by atoms with van der Waals surface area (Å²) in [5.74, 6) is 1.24. The van der Waals surface area contributed by atoms with Gasteiger partial charge in [-0.1, -0.05) is 41.9 Å². The Balaban J connectivity index is 1.01. The van der Waals surface area contributed by atoms with Crippen molar-refractivity contribution < 1.29 is 18.7 Å². The molecular formula is C35H34ClFN8O3. The minimum atomic E-state index is -0.951. The highest BCUT2D eigenvalue weighted by molar-refractivity contribution is 6.30. The fourth-order valence-corrected chi connectivity index (χ4v) is 7.08.